The van der Waals surface area contributed by atoms with Crippen molar-refractivity contribution in [2.24, 2.45) is 11.7 Å². The standard InChI is InChI=1S/C14H17N3O2S2/c15-12(18)8-21-14(20)16-5-9-4-10(7-16)11-2-1-3-13(19)17(11)6-9/h1-3,9-10H,4-8H2,(H2,15,18)/t9-,10+/m0/s1. The zero-order chi connectivity index (χ0) is 15.0. The van der Waals surface area contributed by atoms with E-state index in [0.717, 1.165) is 36.1 Å². The molecule has 0 aliphatic carbocycles. The summed E-state index contributed by atoms with van der Waals surface area (Å²) < 4.78 is 2.63. The van der Waals surface area contributed by atoms with Gasteiger partial charge in [-0.25, -0.2) is 0 Å². The van der Waals surface area contributed by atoms with E-state index in [0.29, 0.717) is 11.8 Å². The molecule has 3 rings (SSSR count). The number of thioether (sulfide) groups is 1. The summed E-state index contributed by atoms with van der Waals surface area (Å²) in [5, 5.41) is 0. The maximum Gasteiger partial charge on any atom is 0.250 e. The summed E-state index contributed by atoms with van der Waals surface area (Å²) in [7, 11) is 0. The van der Waals surface area contributed by atoms with Gasteiger partial charge in [-0.15, -0.1) is 0 Å². The molecule has 2 aliphatic rings. The van der Waals surface area contributed by atoms with Crippen LogP contribution in [0.1, 0.15) is 18.0 Å². The highest BCUT2D eigenvalue weighted by Crippen LogP contribution is 2.35. The minimum absolute atomic E-state index is 0.0846. The lowest BCUT2D eigenvalue weighted by molar-refractivity contribution is -0.115. The summed E-state index contributed by atoms with van der Waals surface area (Å²) in [6, 6.07) is 5.48. The molecule has 112 valence electrons. The smallest absolute Gasteiger partial charge is 0.250 e. The first-order valence-electron chi connectivity index (χ1n) is 6.94. The predicted octanol–water partition coefficient (Wildman–Crippen LogP) is 0.771. The maximum absolute atomic E-state index is 12.0. The van der Waals surface area contributed by atoms with E-state index in [1.54, 1.807) is 6.07 Å². The molecule has 0 aromatic carbocycles. The normalized spacial score (nSPS) is 23.5. The average molecular weight is 323 g/mol. The first kappa shape index (κ1) is 14.6. The van der Waals surface area contributed by atoms with Crippen molar-refractivity contribution in [3.8, 4) is 0 Å². The number of likely N-dealkylation sites (tertiary alicyclic amines) is 1. The second kappa shape index (κ2) is 5.81. The monoisotopic (exact) mass is 323 g/mol. The Bertz CT molecular complexity index is 643. The van der Waals surface area contributed by atoms with Crippen molar-refractivity contribution in [1.82, 2.24) is 9.47 Å². The number of primary amides is 1. The lowest BCUT2D eigenvalue weighted by Gasteiger charge is -2.43. The summed E-state index contributed by atoms with van der Waals surface area (Å²) >= 11 is 6.74. The van der Waals surface area contributed by atoms with Crippen molar-refractivity contribution < 1.29 is 4.79 Å². The molecule has 2 aliphatic heterocycles. The van der Waals surface area contributed by atoms with Gasteiger partial charge in [0.05, 0.1) is 5.75 Å². The number of aromatic nitrogens is 1. The van der Waals surface area contributed by atoms with E-state index in [1.165, 1.54) is 11.8 Å². The van der Waals surface area contributed by atoms with Gasteiger partial charge in [-0.2, -0.15) is 0 Å². The first-order chi connectivity index (χ1) is 10.0. The number of nitrogens with zero attached hydrogens (tertiary/aromatic N) is 2. The van der Waals surface area contributed by atoms with Crippen LogP contribution < -0.4 is 11.3 Å². The predicted molar refractivity (Wildman–Crippen MR) is 87.4 cm³/mol. The molecule has 1 fully saturated rings. The van der Waals surface area contributed by atoms with Crippen molar-refractivity contribution >= 4 is 34.2 Å². The number of carbonyl (C=O) groups is 1. The van der Waals surface area contributed by atoms with Crippen molar-refractivity contribution in [3.05, 3.63) is 34.2 Å². The van der Waals surface area contributed by atoms with E-state index in [1.807, 2.05) is 16.7 Å². The van der Waals surface area contributed by atoms with Crippen LogP contribution >= 0.6 is 24.0 Å². The van der Waals surface area contributed by atoms with Gasteiger partial charge in [-0.05, 0) is 18.4 Å². The molecular formula is C14H17N3O2S2. The molecule has 0 unspecified atom stereocenters. The molecule has 1 aromatic rings. The van der Waals surface area contributed by atoms with E-state index in [2.05, 4.69) is 4.90 Å². The molecule has 2 atom stereocenters. The van der Waals surface area contributed by atoms with Gasteiger partial charge in [0, 0.05) is 37.3 Å². The number of nitrogens with two attached hydrogens (primary N) is 1. The van der Waals surface area contributed by atoms with Crippen molar-refractivity contribution in [1.29, 1.82) is 0 Å². The number of amides is 1. The van der Waals surface area contributed by atoms with Crippen LogP contribution in [0.3, 0.4) is 0 Å². The fraction of sp³-hybridized carbons (Fsp3) is 0.500. The summed E-state index contributed by atoms with van der Waals surface area (Å²) in [6.07, 6.45) is 1.10. The van der Waals surface area contributed by atoms with Crippen LogP contribution in [0.25, 0.3) is 0 Å². The van der Waals surface area contributed by atoms with Crippen LogP contribution in [0.15, 0.2) is 23.0 Å². The number of thiocarbonyl (C=S) groups is 1. The van der Waals surface area contributed by atoms with Gasteiger partial charge in [0.25, 0.3) is 5.56 Å². The molecule has 1 aromatic heterocycles. The quantitative estimate of drug-likeness (QED) is 0.814. The van der Waals surface area contributed by atoms with Crippen LogP contribution in [-0.4, -0.2) is 38.5 Å². The third-order valence-corrected chi connectivity index (χ3v) is 5.62. The summed E-state index contributed by atoms with van der Waals surface area (Å²) in [5.74, 6) is 0.638. The van der Waals surface area contributed by atoms with Gasteiger partial charge in [-0.1, -0.05) is 30.0 Å². The third kappa shape index (κ3) is 2.98. The zero-order valence-corrected chi connectivity index (χ0v) is 13.2. The molecule has 0 radical (unpaired) electrons. The molecule has 5 nitrogen and oxygen atoms in total. The number of hydrogen-bond donors (Lipinski definition) is 1. The molecule has 2 bridgehead atoms. The Morgan fingerprint density at radius 1 is 1.38 bits per heavy atom. The van der Waals surface area contributed by atoms with Crippen LogP contribution in [0, 0.1) is 5.92 Å². The summed E-state index contributed by atoms with van der Waals surface area (Å²) in [4.78, 5) is 25.0. The number of piperidine rings is 1. The fourth-order valence-corrected chi connectivity index (χ4v) is 4.19. The molecular weight excluding hydrogens is 306 g/mol. The number of carbonyl (C=O) groups excluding carboxylic acids is 1. The molecule has 1 amide bonds. The first-order valence-corrected chi connectivity index (χ1v) is 8.33. The highest BCUT2D eigenvalue weighted by molar-refractivity contribution is 8.23. The van der Waals surface area contributed by atoms with Gasteiger partial charge in [-0.3, -0.25) is 9.59 Å². The maximum atomic E-state index is 12.0. The van der Waals surface area contributed by atoms with Gasteiger partial charge < -0.3 is 15.2 Å². The number of pyridine rings is 1. The van der Waals surface area contributed by atoms with Crippen molar-refractivity contribution in [2.45, 2.75) is 18.9 Å². The second-order valence-corrected chi connectivity index (χ2v) is 7.23. The zero-order valence-electron chi connectivity index (χ0n) is 11.5. The van der Waals surface area contributed by atoms with Crippen molar-refractivity contribution in [3.63, 3.8) is 0 Å². The number of rotatable bonds is 2. The number of hydrogen-bond acceptors (Lipinski definition) is 4. The topological polar surface area (TPSA) is 68.3 Å². The highest BCUT2D eigenvalue weighted by Gasteiger charge is 2.35. The fourth-order valence-electron chi connectivity index (χ4n) is 3.27. The van der Waals surface area contributed by atoms with E-state index in [9.17, 15) is 9.59 Å². The molecule has 0 saturated carbocycles. The molecule has 2 N–H and O–H groups in total. The van der Waals surface area contributed by atoms with E-state index in [-0.39, 0.29) is 17.2 Å². The van der Waals surface area contributed by atoms with E-state index < -0.39 is 0 Å². The van der Waals surface area contributed by atoms with Crippen molar-refractivity contribution in [2.75, 3.05) is 18.8 Å². The Morgan fingerprint density at radius 3 is 2.95 bits per heavy atom. The molecule has 3 heterocycles. The summed E-state index contributed by atoms with van der Waals surface area (Å²) in [6.45, 7) is 2.41. The van der Waals surface area contributed by atoms with Gasteiger partial charge in [0.1, 0.15) is 4.32 Å². The Labute approximate surface area is 132 Å². The largest absolute Gasteiger partial charge is 0.369 e. The van der Waals surface area contributed by atoms with Gasteiger partial charge in [0.2, 0.25) is 5.91 Å². The minimum atomic E-state index is -0.351. The van der Waals surface area contributed by atoms with Gasteiger partial charge >= 0.3 is 0 Å². The Hall–Kier alpha value is -1.34. The molecule has 7 heteroatoms. The van der Waals surface area contributed by atoms with E-state index in [4.69, 9.17) is 18.0 Å². The highest BCUT2D eigenvalue weighted by atomic mass is 32.2. The van der Waals surface area contributed by atoms with Crippen LogP contribution in [0.4, 0.5) is 0 Å². The molecule has 0 spiro atoms. The Kier molecular flexibility index (Phi) is 4.03. The lowest BCUT2D eigenvalue weighted by atomic mass is 9.83. The molecule has 21 heavy (non-hydrogen) atoms. The van der Waals surface area contributed by atoms with Crippen LogP contribution in [0.2, 0.25) is 0 Å². The third-order valence-electron chi connectivity index (χ3n) is 4.08. The Balaban J connectivity index is 1.77. The molecule has 1 saturated heterocycles. The SMILES string of the molecule is NC(=O)CSC(=S)N1C[C@@H]2C[C@H](C1)c1cccc(=O)n1C2. The van der Waals surface area contributed by atoms with Gasteiger partial charge in [0.15, 0.2) is 0 Å². The van der Waals surface area contributed by atoms with E-state index >= 15 is 0 Å². The number of fused-ring (bicyclic) bond motifs is 4. The average Bonchev–Trinajstić information content (AvgIpc) is 2.45. The van der Waals surface area contributed by atoms with Crippen LogP contribution in [-0.2, 0) is 11.3 Å². The second-order valence-electron chi connectivity index (χ2n) is 5.62. The summed E-state index contributed by atoms with van der Waals surface area (Å²) in [5.41, 5.74) is 6.35. The minimum Gasteiger partial charge on any atom is -0.369 e. The Morgan fingerprint density at radius 2 is 2.19 bits per heavy atom. The lowest BCUT2D eigenvalue weighted by Crippen LogP contribution is -2.48. The van der Waals surface area contributed by atoms with Crippen LogP contribution in [0.5, 0.6) is 0 Å².